The summed E-state index contributed by atoms with van der Waals surface area (Å²) in [4.78, 5) is 10.2. The lowest BCUT2D eigenvalue weighted by Gasteiger charge is -2.08. The number of nitro benzene ring substituents is 1. The number of rotatable bonds is 3. The van der Waals surface area contributed by atoms with Gasteiger partial charge in [0.2, 0.25) is 6.79 Å². The van der Waals surface area contributed by atoms with Crippen LogP contribution in [0.1, 0.15) is 11.6 Å². The van der Waals surface area contributed by atoms with Gasteiger partial charge in [-0.15, -0.1) is 12.4 Å². The fourth-order valence-corrected chi connectivity index (χ4v) is 1.49. The second-order valence-electron chi connectivity index (χ2n) is 3.28. The van der Waals surface area contributed by atoms with Crippen LogP contribution in [0.3, 0.4) is 0 Å². The normalized spacial score (nSPS) is 14.0. The molecular weight excluding hydrogens is 255 g/mol. The number of nitrogens with zero attached hydrogens (tertiary/aromatic N) is 1. The first-order valence-corrected chi connectivity index (χ1v) is 4.53. The maximum Gasteiger partial charge on any atom is 0.278 e. The molecule has 0 saturated heterocycles. The van der Waals surface area contributed by atoms with E-state index in [0.29, 0.717) is 5.75 Å². The number of hydrogen-bond acceptors (Lipinski definition) is 5. The van der Waals surface area contributed by atoms with Crippen LogP contribution in [0, 0.1) is 10.1 Å². The van der Waals surface area contributed by atoms with Crippen molar-refractivity contribution in [2.75, 3.05) is 13.5 Å². The quantitative estimate of drug-likeness (QED) is 0.663. The first-order valence-electron chi connectivity index (χ1n) is 4.53. The highest BCUT2D eigenvalue weighted by Gasteiger charge is 2.26. The van der Waals surface area contributed by atoms with Crippen LogP contribution in [-0.4, -0.2) is 18.4 Å². The van der Waals surface area contributed by atoms with E-state index in [4.69, 9.17) is 15.2 Å². The second-order valence-corrected chi connectivity index (χ2v) is 3.28. The SMILES string of the molecule is Cl.N[C@H](CF)c1cc2c(cc1[N+](=O)[O-])OCO2. The third kappa shape index (κ3) is 2.40. The average molecular weight is 265 g/mol. The number of ether oxygens (including phenoxy) is 2. The smallest absolute Gasteiger partial charge is 0.278 e. The van der Waals surface area contributed by atoms with Gasteiger partial charge in [0.25, 0.3) is 5.69 Å². The van der Waals surface area contributed by atoms with Crippen molar-refractivity contribution in [2.24, 2.45) is 5.73 Å². The molecule has 0 aliphatic carbocycles. The molecule has 1 heterocycles. The first-order chi connectivity index (χ1) is 7.63. The fourth-order valence-electron chi connectivity index (χ4n) is 1.49. The van der Waals surface area contributed by atoms with E-state index in [-0.39, 0.29) is 36.2 Å². The highest BCUT2D eigenvalue weighted by Crippen LogP contribution is 2.39. The van der Waals surface area contributed by atoms with E-state index in [2.05, 4.69) is 0 Å². The van der Waals surface area contributed by atoms with E-state index in [0.717, 1.165) is 0 Å². The lowest BCUT2D eigenvalue weighted by Crippen LogP contribution is -2.14. The average Bonchev–Trinajstić information content (AvgIpc) is 2.73. The zero-order valence-corrected chi connectivity index (χ0v) is 9.41. The largest absolute Gasteiger partial charge is 0.454 e. The van der Waals surface area contributed by atoms with Gasteiger partial charge < -0.3 is 15.2 Å². The van der Waals surface area contributed by atoms with E-state index in [1.165, 1.54) is 12.1 Å². The molecule has 0 aromatic heterocycles. The second kappa shape index (κ2) is 5.15. The molecule has 0 saturated carbocycles. The highest BCUT2D eigenvalue weighted by atomic mass is 35.5. The number of alkyl halides is 1. The number of halogens is 2. The molecule has 1 aromatic carbocycles. The van der Waals surface area contributed by atoms with Gasteiger partial charge in [-0.1, -0.05) is 0 Å². The van der Waals surface area contributed by atoms with Gasteiger partial charge in [-0.25, -0.2) is 4.39 Å². The minimum atomic E-state index is -1.03. The third-order valence-electron chi connectivity index (χ3n) is 2.28. The molecule has 94 valence electrons. The lowest BCUT2D eigenvalue weighted by molar-refractivity contribution is -0.385. The van der Waals surface area contributed by atoms with Crippen molar-refractivity contribution in [3.8, 4) is 11.5 Å². The Morgan fingerprint density at radius 1 is 1.47 bits per heavy atom. The van der Waals surface area contributed by atoms with Crippen molar-refractivity contribution in [3.63, 3.8) is 0 Å². The zero-order valence-electron chi connectivity index (χ0n) is 8.59. The molecule has 2 N–H and O–H groups in total. The molecule has 0 spiro atoms. The molecule has 0 unspecified atom stereocenters. The molecule has 8 heteroatoms. The summed E-state index contributed by atoms with van der Waals surface area (Å²) in [5.41, 5.74) is 5.30. The molecule has 6 nitrogen and oxygen atoms in total. The van der Waals surface area contributed by atoms with Crippen LogP contribution in [0.2, 0.25) is 0 Å². The Hall–Kier alpha value is -1.60. The number of fused-ring (bicyclic) bond motifs is 1. The van der Waals surface area contributed by atoms with Gasteiger partial charge in [0.1, 0.15) is 6.67 Å². The number of nitrogens with two attached hydrogens (primary N) is 1. The first kappa shape index (κ1) is 13.5. The van der Waals surface area contributed by atoms with E-state index >= 15 is 0 Å². The summed E-state index contributed by atoms with van der Waals surface area (Å²) in [5, 5.41) is 10.8. The van der Waals surface area contributed by atoms with Crippen LogP contribution in [-0.2, 0) is 0 Å². The standard InChI is InChI=1S/C9H9FN2O4.ClH/c10-3-6(11)5-1-8-9(16-4-15-8)2-7(5)12(13)14;/h1-2,6H,3-4,11H2;1H/t6-;/m1./s1. The van der Waals surface area contributed by atoms with Gasteiger partial charge in [-0.05, 0) is 6.07 Å². The number of benzene rings is 1. The van der Waals surface area contributed by atoms with Gasteiger partial charge in [0, 0.05) is 0 Å². The molecule has 1 aliphatic heterocycles. The predicted octanol–water partition coefficient (Wildman–Crippen LogP) is 1.71. The van der Waals surface area contributed by atoms with Crippen molar-refractivity contribution >= 4 is 18.1 Å². The van der Waals surface area contributed by atoms with Gasteiger partial charge in [0.05, 0.1) is 22.6 Å². The Morgan fingerprint density at radius 2 is 2.06 bits per heavy atom. The van der Waals surface area contributed by atoms with Crippen LogP contribution >= 0.6 is 12.4 Å². The van der Waals surface area contributed by atoms with E-state index in [1.54, 1.807) is 0 Å². The minimum absolute atomic E-state index is 0. The van der Waals surface area contributed by atoms with Crippen LogP contribution in [0.25, 0.3) is 0 Å². The van der Waals surface area contributed by atoms with E-state index < -0.39 is 17.6 Å². The zero-order chi connectivity index (χ0) is 11.7. The molecule has 0 radical (unpaired) electrons. The molecular formula is C9H10ClFN2O4. The Bertz CT molecular complexity index is 443. The molecule has 2 rings (SSSR count). The summed E-state index contributed by atoms with van der Waals surface area (Å²) in [6, 6.07) is 1.52. The maximum atomic E-state index is 12.4. The number of nitro groups is 1. The van der Waals surface area contributed by atoms with Gasteiger partial charge in [-0.3, -0.25) is 10.1 Å². The van der Waals surface area contributed by atoms with Crippen molar-refractivity contribution in [3.05, 3.63) is 27.8 Å². The number of hydrogen-bond donors (Lipinski definition) is 1. The summed E-state index contributed by atoms with van der Waals surface area (Å²) in [7, 11) is 0. The van der Waals surface area contributed by atoms with Crippen molar-refractivity contribution in [2.45, 2.75) is 6.04 Å². The summed E-state index contributed by atoms with van der Waals surface area (Å²) in [6.07, 6.45) is 0. The third-order valence-corrected chi connectivity index (χ3v) is 2.28. The Balaban J connectivity index is 0.00000144. The van der Waals surface area contributed by atoms with Crippen LogP contribution in [0.15, 0.2) is 12.1 Å². The van der Waals surface area contributed by atoms with Crippen LogP contribution < -0.4 is 15.2 Å². The molecule has 0 fully saturated rings. The molecule has 0 bridgehead atoms. The summed E-state index contributed by atoms with van der Waals surface area (Å²) in [5.74, 6) is 0.631. The van der Waals surface area contributed by atoms with Crippen molar-refractivity contribution < 1.29 is 18.8 Å². The minimum Gasteiger partial charge on any atom is -0.454 e. The summed E-state index contributed by atoms with van der Waals surface area (Å²) < 4.78 is 22.5. The molecule has 17 heavy (non-hydrogen) atoms. The van der Waals surface area contributed by atoms with Gasteiger partial charge >= 0.3 is 0 Å². The van der Waals surface area contributed by atoms with Gasteiger partial charge in [-0.2, -0.15) is 0 Å². The monoisotopic (exact) mass is 264 g/mol. The maximum absolute atomic E-state index is 12.4. The Kier molecular flexibility index (Phi) is 4.08. The van der Waals surface area contributed by atoms with Crippen LogP contribution in [0.5, 0.6) is 11.5 Å². The Morgan fingerprint density at radius 3 is 2.59 bits per heavy atom. The lowest BCUT2D eigenvalue weighted by atomic mass is 10.1. The van der Waals surface area contributed by atoms with Crippen molar-refractivity contribution in [1.29, 1.82) is 0 Å². The topological polar surface area (TPSA) is 87.6 Å². The van der Waals surface area contributed by atoms with Crippen LogP contribution in [0.4, 0.5) is 10.1 Å². The predicted molar refractivity (Wildman–Crippen MR) is 59.4 cm³/mol. The van der Waals surface area contributed by atoms with E-state index in [1.807, 2.05) is 0 Å². The molecule has 1 aliphatic rings. The Labute approximate surface area is 102 Å². The molecule has 0 amide bonds. The highest BCUT2D eigenvalue weighted by molar-refractivity contribution is 5.85. The van der Waals surface area contributed by atoms with E-state index in [9.17, 15) is 14.5 Å². The molecule has 1 aromatic rings. The summed E-state index contributed by atoms with van der Waals surface area (Å²) >= 11 is 0. The molecule has 1 atom stereocenters. The van der Waals surface area contributed by atoms with Crippen molar-refractivity contribution in [1.82, 2.24) is 0 Å². The summed E-state index contributed by atoms with van der Waals surface area (Å²) in [6.45, 7) is -0.874. The fraction of sp³-hybridized carbons (Fsp3) is 0.333. The van der Waals surface area contributed by atoms with Gasteiger partial charge in [0.15, 0.2) is 11.5 Å².